The molecule has 106 valence electrons. The minimum Gasteiger partial charge on any atom is -0.506 e. The molecule has 2 heterocycles. The molecule has 0 unspecified atom stereocenters. The minimum atomic E-state index is 0.282. The number of likely N-dealkylation sites (tertiary alicyclic amines) is 1. The van der Waals surface area contributed by atoms with Gasteiger partial charge in [-0.15, -0.1) is 0 Å². The third-order valence-corrected chi connectivity index (χ3v) is 3.86. The molecule has 2 rings (SSSR count). The molecule has 19 heavy (non-hydrogen) atoms. The summed E-state index contributed by atoms with van der Waals surface area (Å²) in [5.41, 5.74) is 1.69. The molecule has 0 aliphatic carbocycles. The Bertz CT molecular complexity index is 400. The van der Waals surface area contributed by atoms with Crippen molar-refractivity contribution in [3.05, 3.63) is 23.5 Å². The number of nitrogens with one attached hydrogen (secondary N) is 1. The first kappa shape index (κ1) is 14.3. The van der Waals surface area contributed by atoms with Crippen LogP contribution in [0.15, 0.2) is 12.1 Å². The molecule has 4 heteroatoms. The Morgan fingerprint density at radius 3 is 2.84 bits per heavy atom. The summed E-state index contributed by atoms with van der Waals surface area (Å²) in [4.78, 5) is 6.85. The Morgan fingerprint density at radius 2 is 2.11 bits per heavy atom. The fourth-order valence-electron chi connectivity index (χ4n) is 2.46. The Labute approximate surface area is 115 Å². The number of piperidine rings is 1. The number of pyridine rings is 1. The number of hydrogen-bond donors (Lipinski definition) is 2. The molecule has 0 aromatic carbocycles. The van der Waals surface area contributed by atoms with E-state index in [0.29, 0.717) is 6.54 Å². The summed E-state index contributed by atoms with van der Waals surface area (Å²) in [7, 11) is 0. The highest BCUT2D eigenvalue weighted by Gasteiger charge is 2.14. The van der Waals surface area contributed by atoms with E-state index in [0.717, 1.165) is 30.4 Å². The van der Waals surface area contributed by atoms with E-state index in [-0.39, 0.29) is 5.75 Å². The summed E-state index contributed by atoms with van der Waals surface area (Å²) in [6.07, 6.45) is 2.64. The van der Waals surface area contributed by atoms with Crippen LogP contribution in [-0.2, 0) is 6.54 Å². The molecule has 0 saturated carbocycles. The second-order valence-electron chi connectivity index (χ2n) is 5.62. The van der Waals surface area contributed by atoms with Crippen molar-refractivity contribution < 1.29 is 5.11 Å². The van der Waals surface area contributed by atoms with Gasteiger partial charge in [0.05, 0.1) is 5.69 Å². The van der Waals surface area contributed by atoms with Gasteiger partial charge >= 0.3 is 0 Å². The van der Waals surface area contributed by atoms with E-state index in [1.54, 1.807) is 6.07 Å². The van der Waals surface area contributed by atoms with Gasteiger partial charge in [-0.05, 0) is 50.9 Å². The van der Waals surface area contributed by atoms with Gasteiger partial charge in [0.15, 0.2) is 0 Å². The summed E-state index contributed by atoms with van der Waals surface area (Å²) < 4.78 is 0. The van der Waals surface area contributed by atoms with Crippen LogP contribution < -0.4 is 5.32 Å². The molecule has 0 spiro atoms. The first-order chi connectivity index (χ1) is 9.15. The lowest BCUT2D eigenvalue weighted by atomic mass is 9.99. The normalized spacial score (nSPS) is 17.8. The van der Waals surface area contributed by atoms with Gasteiger partial charge in [-0.25, -0.2) is 0 Å². The average Bonchev–Trinajstić information content (AvgIpc) is 2.40. The Balaban J connectivity index is 1.68. The minimum absolute atomic E-state index is 0.282. The largest absolute Gasteiger partial charge is 0.506 e. The molecule has 1 fully saturated rings. The number of rotatable bonds is 5. The molecule has 1 aromatic rings. The zero-order chi connectivity index (χ0) is 13.7. The SMILES string of the molecule is Cc1ccc(O)c(CNCCN2CCC(C)CC2)n1. The van der Waals surface area contributed by atoms with Gasteiger partial charge in [0, 0.05) is 25.3 Å². The maximum atomic E-state index is 9.70. The first-order valence-electron chi connectivity index (χ1n) is 7.23. The lowest BCUT2D eigenvalue weighted by Gasteiger charge is -2.30. The van der Waals surface area contributed by atoms with Gasteiger partial charge < -0.3 is 15.3 Å². The highest BCUT2D eigenvalue weighted by atomic mass is 16.3. The van der Waals surface area contributed by atoms with Gasteiger partial charge in [0.1, 0.15) is 5.75 Å². The third-order valence-electron chi connectivity index (χ3n) is 3.86. The molecule has 0 radical (unpaired) electrons. The molecule has 1 aromatic heterocycles. The smallest absolute Gasteiger partial charge is 0.138 e. The summed E-state index contributed by atoms with van der Waals surface area (Å²) >= 11 is 0. The van der Waals surface area contributed by atoms with Crippen molar-refractivity contribution in [3.63, 3.8) is 0 Å². The van der Waals surface area contributed by atoms with Gasteiger partial charge in [-0.3, -0.25) is 4.98 Å². The summed E-state index contributed by atoms with van der Waals surface area (Å²) in [5, 5.41) is 13.1. The number of aromatic nitrogens is 1. The number of aromatic hydroxyl groups is 1. The van der Waals surface area contributed by atoms with Crippen molar-refractivity contribution in [1.82, 2.24) is 15.2 Å². The fraction of sp³-hybridized carbons (Fsp3) is 0.667. The van der Waals surface area contributed by atoms with Crippen molar-refractivity contribution in [1.29, 1.82) is 0 Å². The second kappa shape index (κ2) is 6.87. The molecular weight excluding hydrogens is 238 g/mol. The number of hydrogen-bond acceptors (Lipinski definition) is 4. The van der Waals surface area contributed by atoms with Gasteiger partial charge in [0.2, 0.25) is 0 Å². The lowest BCUT2D eigenvalue weighted by molar-refractivity contribution is 0.193. The average molecular weight is 263 g/mol. The molecule has 0 atom stereocenters. The first-order valence-corrected chi connectivity index (χ1v) is 7.23. The Hall–Kier alpha value is -1.13. The Kier molecular flexibility index (Phi) is 5.16. The number of nitrogens with zero attached hydrogens (tertiary/aromatic N) is 2. The molecule has 4 nitrogen and oxygen atoms in total. The standard InChI is InChI=1S/C15H25N3O/c1-12-5-8-18(9-6-12)10-7-16-11-14-15(19)4-3-13(2)17-14/h3-4,12,16,19H,5-11H2,1-2H3. The van der Waals surface area contributed by atoms with Crippen molar-refractivity contribution in [2.75, 3.05) is 26.2 Å². The second-order valence-corrected chi connectivity index (χ2v) is 5.62. The van der Waals surface area contributed by atoms with Crippen LogP contribution in [0.25, 0.3) is 0 Å². The molecule has 1 saturated heterocycles. The van der Waals surface area contributed by atoms with E-state index in [2.05, 4.69) is 22.1 Å². The molecule has 1 aliphatic heterocycles. The zero-order valence-corrected chi connectivity index (χ0v) is 12.0. The van der Waals surface area contributed by atoms with E-state index in [9.17, 15) is 5.11 Å². The van der Waals surface area contributed by atoms with E-state index in [1.165, 1.54) is 25.9 Å². The monoisotopic (exact) mass is 263 g/mol. The van der Waals surface area contributed by atoms with Crippen LogP contribution >= 0.6 is 0 Å². The van der Waals surface area contributed by atoms with Crippen molar-refractivity contribution in [2.24, 2.45) is 5.92 Å². The highest BCUT2D eigenvalue weighted by Crippen LogP contribution is 2.16. The van der Waals surface area contributed by atoms with E-state index >= 15 is 0 Å². The summed E-state index contributed by atoms with van der Waals surface area (Å²) in [6.45, 7) is 9.38. The van der Waals surface area contributed by atoms with Gasteiger partial charge in [-0.1, -0.05) is 6.92 Å². The molecule has 2 N–H and O–H groups in total. The quantitative estimate of drug-likeness (QED) is 0.797. The van der Waals surface area contributed by atoms with Crippen LogP contribution in [0.3, 0.4) is 0 Å². The predicted octanol–water partition coefficient (Wildman–Crippen LogP) is 1.92. The van der Waals surface area contributed by atoms with Gasteiger partial charge in [0.25, 0.3) is 0 Å². The lowest BCUT2D eigenvalue weighted by Crippen LogP contribution is -2.37. The molecule has 0 amide bonds. The third kappa shape index (κ3) is 4.48. The van der Waals surface area contributed by atoms with Gasteiger partial charge in [-0.2, -0.15) is 0 Å². The van der Waals surface area contributed by atoms with E-state index in [4.69, 9.17) is 0 Å². The maximum absolute atomic E-state index is 9.70. The molecule has 0 bridgehead atoms. The number of aryl methyl sites for hydroxylation is 1. The van der Waals surface area contributed by atoms with Crippen LogP contribution in [0.5, 0.6) is 5.75 Å². The van der Waals surface area contributed by atoms with Crippen LogP contribution in [-0.4, -0.2) is 41.2 Å². The van der Waals surface area contributed by atoms with Crippen LogP contribution in [0.4, 0.5) is 0 Å². The highest BCUT2D eigenvalue weighted by molar-refractivity contribution is 5.27. The zero-order valence-electron chi connectivity index (χ0n) is 12.0. The molecule has 1 aliphatic rings. The van der Waals surface area contributed by atoms with Crippen LogP contribution in [0.2, 0.25) is 0 Å². The van der Waals surface area contributed by atoms with Crippen LogP contribution in [0, 0.1) is 12.8 Å². The summed E-state index contributed by atoms with van der Waals surface area (Å²) in [6, 6.07) is 3.54. The van der Waals surface area contributed by atoms with Crippen LogP contribution in [0.1, 0.15) is 31.2 Å². The summed E-state index contributed by atoms with van der Waals surface area (Å²) in [5.74, 6) is 1.17. The van der Waals surface area contributed by atoms with E-state index < -0.39 is 0 Å². The fourth-order valence-corrected chi connectivity index (χ4v) is 2.46. The van der Waals surface area contributed by atoms with Crippen molar-refractivity contribution in [2.45, 2.75) is 33.2 Å². The van der Waals surface area contributed by atoms with E-state index in [1.807, 2.05) is 13.0 Å². The van der Waals surface area contributed by atoms with Crippen molar-refractivity contribution >= 4 is 0 Å². The predicted molar refractivity (Wildman–Crippen MR) is 77.2 cm³/mol. The topological polar surface area (TPSA) is 48.4 Å². The maximum Gasteiger partial charge on any atom is 0.138 e. The Morgan fingerprint density at radius 1 is 1.37 bits per heavy atom. The molecular formula is C15H25N3O. The van der Waals surface area contributed by atoms with Crippen molar-refractivity contribution in [3.8, 4) is 5.75 Å².